The molecule has 35 heavy (non-hydrogen) atoms. The molecule has 3 heterocycles. The highest BCUT2D eigenvalue weighted by molar-refractivity contribution is 6.30. The van der Waals surface area contributed by atoms with Gasteiger partial charge in [-0.1, -0.05) is 25.4 Å². The highest BCUT2D eigenvalue weighted by Gasteiger charge is 2.21. The Balaban J connectivity index is 0.000000320. The maximum absolute atomic E-state index is 12.8. The summed E-state index contributed by atoms with van der Waals surface area (Å²) >= 11 is 5.40. The molecule has 1 aromatic carbocycles. The van der Waals surface area contributed by atoms with Gasteiger partial charge < -0.3 is 15.0 Å². The van der Waals surface area contributed by atoms with Crippen molar-refractivity contribution in [2.45, 2.75) is 46.6 Å². The van der Waals surface area contributed by atoms with Gasteiger partial charge in [0.1, 0.15) is 12.4 Å². The van der Waals surface area contributed by atoms with Crippen LogP contribution in [0.15, 0.2) is 47.5 Å². The number of aryl methyl sites for hydroxylation is 3. The third-order valence-electron chi connectivity index (χ3n) is 5.72. The van der Waals surface area contributed by atoms with Crippen LogP contribution in [0.3, 0.4) is 0 Å². The van der Waals surface area contributed by atoms with E-state index in [1.54, 1.807) is 24.7 Å². The van der Waals surface area contributed by atoms with Crippen molar-refractivity contribution >= 4 is 33.3 Å². The molecule has 0 amide bonds. The van der Waals surface area contributed by atoms with Crippen LogP contribution in [0, 0.1) is 25.6 Å². The molecular weight excluding hydrogens is 467 g/mol. The highest BCUT2D eigenvalue weighted by Crippen LogP contribution is 2.27. The summed E-state index contributed by atoms with van der Waals surface area (Å²) in [5.41, 5.74) is 7.92. The molecule has 0 aliphatic carbocycles. The second-order valence-electron chi connectivity index (χ2n) is 9.60. The lowest BCUT2D eigenvalue weighted by Gasteiger charge is -2.26. The van der Waals surface area contributed by atoms with Crippen molar-refractivity contribution in [1.82, 2.24) is 14.5 Å². The number of nitrogens with two attached hydrogens (primary N) is 1. The number of ether oxygens (including phenoxy) is 1. The van der Waals surface area contributed by atoms with Gasteiger partial charge in [0.25, 0.3) is 5.56 Å². The molecule has 0 aliphatic rings. The predicted molar refractivity (Wildman–Crippen MR) is 141 cm³/mol. The smallest absolute Gasteiger partial charge is 0.258 e. The Morgan fingerprint density at radius 1 is 1.09 bits per heavy atom. The van der Waals surface area contributed by atoms with Gasteiger partial charge >= 0.3 is 0 Å². The van der Waals surface area contributed by atoms with Gasteiger partial charge in [0.05, 0.1) is 27.3 Å². The van der Waals surface area contributed by atoms with Crippen LogP contribution in [0.25, 0.3) is 21.7 Å². The third kappa shape index (κ3) is 6.16. The first-order chi connectivity index (χ1) is 16.4. The van der Waals surface area contributed by atoms with Crippen molar-refractivity contribution in [2.24, 2.45) is 18.7 Å². The maximum atomic E-state index is 12.8. The minimum atomic E-state index is -0.431. The van der Waals surface area contributed by atoms with E-state index in [0.717, 1.165) is 28.4 Å². The molecule has 0 aliphatic heterocycles. The standard InChI is InChI=1S/C21H27N3O2.C6H5ClFN/c1-13(2)11-21(4,22)12-26-15-6-7-16-17-8-9-23-14(3)19(17)24(5)20(25)18(16)10-15;1-4-6(8)5(7)2-3-9-4/h6-10,13H,11-12,22H2,1-5H3;2-3H,1H3. The van der Waals surface area contributed by atoms with Crippen LogP contribution in [-0.4, -0.2) is 26.7 Å². The van der Waals surface area contributed by atoms with Crippen molar-refractivity contribution < 1.29 is 9.13 Å². The normalized spacial score (nSPS) is 13.0. The van der Waals surface area contributed by atoms with E-state index in [1.807, 2.05) is 38.1 Å². The van der Waals surface area contributed by atoms with E-state index in [-0.39, 0.29) is 10.6 Å². The monoisotopic (exact) mass is 498 g/mol. The number of benzene rings is 1. The Morgan fingerprint density at radius 2 is 1.74 bits per heavy atom. The topological polar surface area (TPSA) is 83.0 Å². The van der Waals surface area contributed by atoms with E-state index in [1.165, 1.54) is 12.3 Å². The van der Waals surface area contributed by atoms with E-state index in [0.29, 0.717) is 29.4 Å². The second kappa shape index (κ2) is 10.7. The van der Waals surface area contributed by atoms with Crippen LogP contribution in [0.1, 0.15) is 38.6 Å². The molecule has 6 nitrogen and oxygen atoms in total. The Labute approximate surface area is 209 Å². The van der Waals surface area contributed by atoms with E-state index >= 15 is 0 Å². The maximum Gasteiger partial charge on any atom is 0.258 e. The molecule has 0 bridgehead atoms. The number of halogens is 2. The minimum Gasteiger partial charge on any atom is -0.492 e. The number of pyridine rings is 3. The summed E-state index contributed by atoms with van der Waals surface area (Å²) in [6, 6.07) is 9.04. The van der Waals surface area contributed by atoms with Gasteiger partial charge in [-0.15, -0.1) is 0 Å². The van der Waals surface area contributed by atoms with Crippen molar-refractivity contribution in [3.8, 4) is 5.75 Å². The number of hydrogen-bond acceptors (Lipinski definition) is 5. The quantitative estimate of drug-likeness (QED) is 0.356. The van der Waals surface area contributed by atoms with Gasteiger partial charge in [0.2, 0.25) is 0 Å². The lowest BCUT2D eigenvalue weighted by molar-refractivity contribution is 0.207. The molecular formula is C27H32ClFN4O2. The van der Waals surface area contributed by atoms with Crippen LogP contribution in [-0.2, 0) is 7.05 Å². The molecule has 186 valence electrons. The molecule has 3 aromatic heterocycles. The van der Waals surface area contributed by atoms with Crippen LogP contribution in [0.5, 0.6) is 5.75 Å². The molecule has 0 saturated carbocycles. The Bertz CT molecular complexity index is 1400. The molecule has 0 fully saturated rings. The zero-order chi connectivity index (χ0) is 25.9. The Morgan fingerprint density at radius 3 is 2.37 bits per heavy atom. The van der Waals surface area contributed by atoms with Gasteiger partial charge in [-0.2, -0.15) is 0 Å². The SMILES string of the molecule is Cc1nccc(Cl)c1F.Cc1nccc2c3ccc(OCC(C)(N)CC(C)C)cc3c(=O)n(C)c12. The lowest BCUT2D eigenvalue weighted by atomic mass is 9.93. The summed E-state index contributed by atoms with van der Waals surface area (Å²) < 4.78 is 20.1. The molecule has 4 aromatic rings. The summed E-state index contributed by atoms with van der Waals surface area (Å²) in [4.78, 5) is 20.8. The Hall–Kier alpha value is -3.03. The van der Waals surface area contributed by atoms with Crippen molar-refractivity contribution in [2.75, 3.05) is 6.61 Å². The number of hydrogen-bond donors (Lipinski definition) is 1. The first kappa shape index (κ1) is 26.6. The van der Waals surface area contributed by atoms with Crippen molar-refractivity contribution in [3.05, 3.63) is 75.3 Å². The fourth-order valence-electron chi connectivity index (χ4n) is 4.26. The highest BCUT2D eigenvalue weighted by atomic mass is 35.5. The van der Waals surface area contributed by atoms with Crippen LogP contribution in [0.2, 0.25) is 5.02 Å². The molecule has 1 atom stereocenters. The van der Waals surface area contributed by atoms with Gasteiger partial charge in [0, 0.05) is 30.4 Å². The average Bonchev–Trinajstić information content (AvgIpc) is 2.79. The van der Waals surface area contributed by atoms with Crippen LogP contribution < -0.4 is 16.0 Å². The fourth-order valence-corrected chi connectivity index (χ4v) is 4.46. The van der Waals surface area contributed by atoms with Crippen LogP contribution >= 0.6 is 11.6 Å². The van der Waals surface area contributed by atoms with E-state index < -0.39 is 11.4 Å². The molecule has 0 spiro atoms. The first-order valence-corrected chi connectivity index (χ1v) is 11.9. The number of fused-ring (bicyclic) bond motifs is 3. The van der Waals surface area contributed by atoms with E-state index in [4.69, 9.17) is 22.1 Å². The van der Waals surface area contributed by atoms with Gasteiger partial charge in [-0.3, -0.25) is 14.8 Å². The van der Waals surface area contributed by atoms with E-state index in [9.17, 15) is 9.18 Å². The minimum absolute atomic E-state index is 0.0493. The summed E-state index contributed by atoms with van der Waals surface area (Å²) in [5.74, 6) is 0.736. The molecule has 8 heteroatoms. The zero-order valence-corrected chi connectivity index (χ0v) is 21.8. The summed E-state index contributed by atoms with van der Waals surface area (Å²) in [7, 11) is 1.78. The molecule has 1 unspecified atom stereocenters. The third-order valence-corrected chi connectivity index (χ3v) is 6.01. The molecule has 2 N–H and O–H groups in total. The summed E-state index contributed by atoms with van der Waals surface area (Å²) in [6.07, 6.45) is 4.12. The molecule has 4 rings (SSSR count). The zero-order valence-electron chi connectivity index (χ0n) is 21.0. The van der Waals surface area contributed by atoms with E-state index in [2.05, 4.69) is 23.8 Å². The Kier molecular flexibility index (Phi) is 8.13. The van der Waals surface area contributed by atoms with Gasteiger partial charge in [-0.05, 0) is 68.8 Å². The van der Waals surface area contributed by atoms with Crippen molar-refractivity contribution in [1.29, 1.82) is 0 Å². The number of rotatable bonds is 5. The largest absolute Gasteiger partial charge is 0.492 e. The van der Waals surface area contributed by atoms with Gasteiger partial charge in [-0.25, -0.2) is 4.39 Å². The summed E-state index contributed by atoms with van der Waals surface area (Å²) in [6.45, 7) is 10.2. The van der Waals surface area contributed by atoms with Crippen molar-refractivity contribution in [3.63, 3.8) is 0 Å². The summed E-state index contributed by atoms with van der Waals surface area (Å²) in [5, 5.41) is 2.71. The lowest BCUT2D eigenvalue weighted by Crippen LogP contribution is -2.43. The van der Waals surface area contributed by atoms with Crippen LogP contribution in [0.4, 0.5) is 4.39 Å². The number of nitrogens with zero attached hydrogens (tertiary/aromatic N) is 3. The first-order valence-electron chi connectivity index (χ1n) is 11.5. The second-order valence-corrected chi connectivity index (χ2v) is 10.0. The average molecular weight is 499 g/mol. The molecule has 0 saturated heterocycles. The predicted octanol–water partition coefficient (Wildman–Crippen LogP) is 5.72. The molecule has 0 radical (unpaired) electrons. The van der Waals surface area contributed by atoms with Gasteiger partial charge in [0.15, 0.2) is 5.82 Å². The number of aromatic nitrogens is 3. The fraction of sp³-hybridized carbons (Fsp3) is 0.370.